The molecule has 0 spiro atoms. The molecule has 258 valence electrons. The number of fused-ring (bicyclic) bond motifs is 7. The van der Waals surface area contributed by atoms with Gasteiger partial charge in [-0.25, -0.2) is 0 Å². The van der Waals surface area contributed by atoms with E-state index in [2.05, 4.69) is 204 Å². The molecule has 11 rings (SSSR count). The fraction of sp³-hybridized carbons (Fsp3) is 0. The maximum Gasteiger partial charge on any atom is 0.136 e. The Bertz CT molecular complexity index is 3130. The van der Waals surface area contributed by atoms with Crippen LogP contribution in [-0.2, 0) is 0 Å². The molecule has 0 bridgehead atoms. The first-order valence-corrected chi connectivity index (χ1v) is 18.8. The third-order valence-electron chi connectivity index (χ3n) is 11.0. The molecule has 0 saturated heterocycles. The zero-order valence-electron chi connectivity index (χ0n) is 29.9. The lowest BCUT2D eigenvalue weighted by atomic mass is 9.98. The molecule has 2 heterocycles. The second kappa shape index (κ2) is 12.6. The average molecular weight is 703 g/mol. The van der Waals surface area contributed by atoms with Crippen molar-refractivity contribution in [1.29, 1.82) is 0 Å². The van der Waals surface area contributed by atoms with Gasteiger partial charge in [-0.1, -0.05) is 133 Å². The number of furan rings is 1. The smallest absolute Gasteiger partial charge is 0.136 e. The highest BCUT2D eigenvalue weighted by atomic mass is 16.3. The van der Waals surface area contributed by atoms with Crippen molar-refractivity contribution < 1.29 is 4.42 Å². The van der Waals surface area contributed by atoms with Crippen LogP contribution in [0.2, 0.25) is 0 Å². The Kier molecular flexibility index (Phi) is 7.17. The van der Waals surface area contributed by atoms with E-state index in [0.717, 1.165) is 55.8 Å². The van der Waals surface area contributed by atoms with Crippen molar-refractivity contribution in [2.24, 2.45) is 0 Å². The largest absolute Gasteiger partial charge is 0.456 e. The number of hydrogen-bond donors (Lipinski definition) is 0. The molecule has 11 aromatic rings. The lowest BCUT2D eigenvalue weighted by molar-refractivity contribution is 0.669. The number of nitrogens with zero attached hydrogens (tertiary/aromatic N) is 2. The normalized spacial score (nSPS) is 11.6. The summed E-state index contributed by atoms with van der Waals surface area (Å²) in [7, 11) is 0. The first-order chi connectivity index (χ1) is 27.3. The SMILES string of the molecule is c1ccc2c(-c3ccc(N(c4ccc(-c5cccc6oc7ccccc7c56)cc4)c4ccc(-n5c6ccccc6c6ccccc65)cc4)cc3)cccc2c1. The van der Waals surface area contributed by atoms with Gasteiger partial charge >= 0.3 is 0 Å². The molecule has 0 aliphatic heterocycles. The van der Waals surface area contributed by atoms with Crippen LogP contribution in [-0.4, -0.2) is 4.57 Å². The minimum absolute atomic E-state index is 0.902. The van der Waals surface area contributed by atoms with Gasteiger partial charge in [0.2, 0.25) is 0 Å². The summed E-state index contributed by atoms with van der Waals surface area (Å²) in [6, 6.07) is 73.9. The maximum atomic E-state index is 6.23. The number of hydrogen-bond acceptors (Lipinski definition) is 2. The fourth-order valence-electron chi connectivity index (χ4n) is 8.47. The van der Waals surface area contributed by atoms with Gasteiger partial charge in [0.25, 0.3) is 0 Å². The predicted molar refractivity (Wildman–Crippen MR) is 231 cm³/mol. The van der Waals surface area contributed by atoms with E-state index in [9.17, 15) is 0 Å². The van der Waals surface area contributed by atoms with E-state index in [4.69, 9.17) is 4.42 Å². The Balaban J connectivity index is 1.03. The minimum Gasteiger partial charge on any atom is -0.456 e. The Hall–Kier alpha value is -7.36. The van der Waals surface area contributed by atoms with E-state index in [1.807, 2.05) is 12.1 Å². The number of anilines is 3. The van der Waals surface area contributed by atoms with E-state index in [1.165, 1.54) is 43.7 Å². The molecule has 0 N–H and O–H groups in total. The predicted octanol–water partition coefficient (Wildman–Crippen LogP) is 14.6. The van der Waals surface area contributed by atoms with Crippen molar-refractivity contribution in [3.05, 3.63) is 206 Å². The number of para-hydroxylation sites is 3. The topological polar surface area (TPSA) is 21.3 Å². The Labute approximate surface area is 318 Å². The quantitative estimate of drug-likeness (QED) is 0.172. The monoisotopic (exact) mass is 702 g/mol. The summed E-state index contributed by atoms with van der Waals surface area (Å²) in [5.74, 6) is 0. The van der Waals surface area contributed by atoms with E-state index < -0.39 is 0 Å². The van der Waals surface area contributed by atoms with Gasteiger partial charge in [-0.2, -0.15) is 0 Å². The highest BCUT2D eigenvalue weighted by Crippen LogP contribution is 2.41. The van der Waals surface area contributed by atoms with Crippen molar-refractivity contribution >= 4 is 71.6 Å². The summed E-state index contributed by atoms with van der Waals surface area (Å²) >= 11 is 0. The lowest BCUT2D eigenvalue weighted by Gasteiger charge is -2.26. The Morgan fingerprint density at radius 3 is 1.49 bits per heavy atom. The van der Waals surface area contributed by atoms with Crippen molar-refractivity contribution in [2.75, 3.05) is 4.90 Å². The lowest BCUT2D eigenvalue weighted by Crippen LogP contribution is -2.10. The summed E-state index contributed by atoms with van der Waals surface area (Å²) in [4.78, 5) is 2.35. The molecule has 0 unspecified atom stereocenters. The molecule has 3 heteroatoms. The van der Waals surface area contributed by atoms with Gasteiger partial charge in [-0.15, -0.1) is 0 Å². The average Bonchev–Trinajstić information content (AvgIpc) is 3.81. The molecule has 0 aliphatic rings. The summed E-state index contributed by atoms with van der Waals surface area (Å²) in [6.45, 7) is 0. The van der Waals surface area contributed by atoms with Crippen LogP contribution in [0, 0.1) is 0 Å². The molecule has 2 aromatic heterocycles. The van der Waals surface area contributed by atoms with Gasteiger partial charge in [0, 0.05) is 44.3 Å². The first-order valence-electron chi connectivity index (χ1n) is 18.8. The molecule has 0 fully saturated rings. The molecule has 0 aliphatic carbocycles. The van der Waals surface area contributed by atoms with Gasteiger partial charge in [-0.3, -0.25) is 0 Å². The van der Waals surface area contributed by atoms with Crippen LogP contribution in [0.3, 0.4) is 0 Å². The highest BCUT2D eigenvalue weighted by molar-refractivity contribution is 6.12. The van der Waals surface area contributed by atoms with E-state index in [0.29, 0.717) is 0 Å². The van der Waals surface area contributed by atoms with Crippen LogP contribution in [0.4, 0.5) is 17.1 Å². The van der Waals surface area contributed by atoms with Crippen LogP contribution < -0.4 is 4.90 Å². The standard InChI is InChI=1S/C52H34N2O/c1-2-13-42-35(11-1)12-9-17-43(42)36-23-27-38(28-24-36)53(39-29-25-37(26-30-39)44-18-10-22-51-52(44)47-16-5-8-21-50(47)55-51)40-31-33-41(34-32-40)54-48-19-6-3-14-45(48)46-15-4-7-20-49(46)54/h1-34H. The molecule has 0 radical (unpaired) electrons. The first kappa shape index (κ1) is 31.2. The molecule has 3 nitrogen and oxygen atoms in total. The summed E-state index contributed by atoms with van der Waals surface area (Å²) in [6.07, 6.45) is 0. The van der Waals surface area contributed by atoms with Gasteiger partial charge in [-0.05, 0) is 106 Å². The van der Waals surface area contributed by atoms with Crippen LogP contribution in [0.1, 0.15) is 0 Å². The van der Waals surface area contributed by atoms with Crippen molar-refractivity contribution in [1.82, 2.24) is 4.57 Å². The summed E-state index contributed by atoms with van der Waals surface area (Å²) in [5.41, 5.74) is 13.3. The van der Waals surface area contributed by atoms with Crippen LogP contribution >= 0.6 is 0 Å². The summed E-state index contributed by atoms with van der Waals surface area (Å²) < 4.78 is 8.60. The Morgan fingerprint density at radius 2 is 0.818 bits per heavy atom. The molecule has 55 heavy (non-hydrogen) atoms. The van der Waals surface area contributed by atoms with Crippen molar-refractivity contribution in [3.63, 3.8) is 0 Å². The number of benzene rings is 9. The Morgan fingerprint density at radius 1 is 0.345 bits per heavy atom. The van der Waals surface area contributed by atoms with Gasteiger partial charge in [0.05, 0.1) is 11.0 Å². The summed E-state index contributed by atoms with van der Waals surface area (Å²) in [5, 5.41) is 7.30. The second-order valence-corrected chi connectivity index (χ2v) is 14.1. The zero-order chi connectivity index (χ0) is 36.3. The van der Waals surface area contributed by atoms with Crippen molar-refractivity contribution in [2.45, 2.75) is 0 Å². The van der Waals surface area contributed by atoms with E-state index >= 15 is 0 Å². The second-order valence-electron chi connectivity index (χ2n) is 14.1. The molecule has 9 aromatic carbocycles. The molecule has 0 atom stereocenters. The van der Waals surface area contributed by atoms with Gasteiger partial charge in [0.15, 0.2) is 0 Å². The van der Waals surface area contributed by atoms with Crippen LogP contribution in [0.5, 0.6) is 0 Å². The number of aromatic nitrogens is 1. The fourth-order valence-corrected chi connectivity index (χ4v) is 8.47. The highest BCUT2D eigenvalue weighted by Gasteiger charge is 2.17. The molecule has 0 amide bonds. The minimum atomic E-state index is 0.902. The molecular weight excluding hydrogens is 669 g/mol. The molecular formula is C52H34N2O. The number of rotatable bonds is 6. The van der Waals surface area contributed by atoms with Crippen LogP contribution in [0.25, 0.3) is 82.5 Å². The third-order valence-corrected chi connectivity index (χ3v) is 11.0. The van der Waals surface area contributed by atoms with Gasteiger partial charge < -0.3 is 13.9 Å². The van der Waals surface area contributed by atoms with Crippen LogP contribution in [0.15, 0.2) is 211 Å². The van der Waals surface area contributed by atoms with E-state index in [-0.39, 0.29) is 0 Å². The van der Waals surface area contributed by atoms with E-state index in [1.54, 1.807) is 0 Å². The maximum absolute atomic E-state index is 6.23. The third kappa shape index (κ3) is 5.13. The molecule has 0 saturated carbocycles. The zero-order valence-corrected chi connectivity index (χ0v) is 29.9. The van der Waals surface area contributed by atoms with Crippen molar-refractivity contribution in [3.8, 4) is 27.9 Å². The van der Waals surface area contributed by atoms with Gasteiger partial charge in [0.1, 0.15) is 11.2 Å².